The summed E-state index contributed by atoms with van der Waals surface area (Å²) in [6.07, 6.45) is 6.27. The van der Waals surface area contributed by atoms with Gasteiger partial charge >= 0.3 is 0 Å². The number of nitrogens with one attached hydrogen (secondary N) is 1. The van der Waals surface area contributed by atoms with Crippen LogP contribution in [0, 0.1) is 0 Å². The van der Waals surface area contributed by atoms with Crippen molar-refractivity contribution in [2.75, 3.05) is 16.0 Å². The Morgan fingerprint density at radius 1 is 1.26 bits per heavy atom. The molecule has 2 aliphatic rings. The zero-order valence-electron chi connectivity index (χ0n) is 13.8. The van der Waals surface area contributed by atoms with Crippen LogP contribution < -0.4 is 10.2 Å². The first-order valence-corrected chi connectivity index (χ1v) is 9.40. The fourth-order valence-corrected chi connectivity index (χ4v) is 4.56. The lowest BCUT2D eigenvalue weighted by Crippen LogP contribution is -2.59. The summed E-state index contributed by atoms with van der Waals surface area (Å²) in [6, 6.07) is 7.52. The second-order valence-corrected chi connectivity index (χ2v) is 8.12. The van der Waals surface area contributed by atoms with Crippen LogP contribution in [0.2, 0.25) is 0 Å². The van der Waals surface area contributed by atoms with Crippen molar-refractivity contribution in [3.63, 3.8) is 0 Å². The Kier molecular flexibility index (Phi) is 4.67. The van der Waals surface area contributed by atoms with Crippen LogP contribution in [-0.2, 0) is 9.59 Å². The van der Waals surface area contributed by atoms with Crippen molar-refractivity contribution in [3.05, 3.63) is 24.3 Å². The molecule has 0 spiro atoms. The molecular formula is C18H24N2O2S. The number of rotatable bonds is 3. The van der Waals surface area contributed by atoms with E-state index in [1.807, 2.05) is 24.3 Å². The highest BCUT2D eigenvalue weighted by Gasteiger charge is 2.43. The van der Waals surface area contributed by atoms with Crippen LogP contribution in [0.5, 0.6) is 0 Å². The molecule has 1 aliphatic heterocycles. The number of carbonyl (C=O) groups is 2. The maximum atomic E-state index is 12.9. The average molecular weight is 332 g/mol. The molecule has 2 amide bonds. The smallest absolute Gasteiger partial charge is 0.250 e. The molecule has 23 heavy (non-hydrogen) atoms. The summed E-state index contributed by atoms with van der Waals surface area (Å²) in [5, 5.41) is 3.49. The van der Waals surface area contributed by atoms with Gasteiger partial charge in [0.05, 0.1) is 17.1 Å². The lowest BCUT2D eigenvalue weighted by molar-refractivity contribution is -0.125. The zero-order valence-corrected chi connectivity index (χ0v) is 14.6. The molecule has 5 heteroatoms. The van der Waals surface area contributed by atoms with Gasteiger partial charge in [-0.15, -0.1) is 11.8 Å². The van der Waals surface area contributed by atoms with E-state index in [2.05, 4.69) is 5.32 Å². The summed E-state index contributed by atoms with van der Waals surface area (Å²) in [5.41, 5.74) is 0.651. The van der Waals surface area contributed by atoms with Gasteiger partial charge in [0.2, 0.25) is 11.8 Å². The molecule has 1 aromatic carbocycles. The minimum Gasteiger partial charge on any atom is -0.322 e. The van der Waals surface area contributed by atoms with Crippen molar-refractivity contribution in [1.82, 2.24) is 0 Å². The summed E-state index contributed by atoms with van der Waals surface area (Å²) in [5.74, 6) is 0.329. The van der Waals surface area contributed by atoms with Crippen molar-refractivity contribution in [3.8, 4) is 0 Å². The molecule has 1 fully saturated rings. The van der Waals surface area contributed by atoms with Crippen LogP contribution in [-0.4, -0.2) is 28.4 Å². The molecule has 0 saturated heterocycles. The second kappa shape index (κ2) is 6.56. The van der Waals surface area contributed by atoms with Crippen molar-refractivity contribution in [2.45, 2.75) is 56.7 Å². The van der Waals surface area contributed by atoms with Crippen LogP contribution in [0.15, 0.2) is 24.3 Å². The molecular weight excluding hydrogens is 308 g/mol. The van der Waals surface area contributed by atoms with E-state index in [-0.39, 0.29) is 11.8 Å². The molecule has 1 N–H and O–H groups in total. The van der Waals surface area contributed by atoms with Crippen molar-refractivity contribution < 1.29 is 9.59 Å². The Bertz CT molecular complexity index is 609. The van der Waals surface area contributed by atoms with E-state index in [4.69, 9.17) is 0 Å². The highest BCUT2D eigenvalue weighted by atomic mass is 32.2. The molecule has 3 rings (SSSR count). The zero-order chi connectivity index (χ0) is 16.4. The topological polar surface area (TPSA) is 49.4 Å². The lowest BCUT2D eigenvalue weighted by atomic mass is 9.96. The standard InChI is InChI=1S/C18H24N2O2S/c1-18(2)17(22)19-14-10-6-7-11-15(14)20(18)16(21)12-23-13-8-4-3-5-9-13/h6-7,10-11,13H,3-5,8-9,12H2,1-2H3,(H,19,22). The van der Waals surface area contributed by atoms with E-state index in [1.165, 1.54) is 32.1 Å². The summed E-state index contributed by atoms with van der Waals surface area (Å²) in [4.78, 5) is 27.0. The van der Waals surface area contributed by atoms with Gasteiger partial charge in [0.25, 0.3) is 0 Å². The fourth-order valence-electron chi connectivity index (χ4n) is 3.38. The Hall–Kier alpha value is -1.49. The molecule has 124 valence electrons. The maximum absolute atomic E-state index is 12.9. The molecule has 1 saturated carbocycles. The van der Waals surface area contributed by atoms with E-state index >= 15 is 0 Å². The first kappa shape index (κ1) is 16.4. The van der Waals surface area contributed by atoms with E-state index < -0.39 is 5.54 Å². The number of anilines is 2. The van der Waals surface area contributed by atoms with Gasteiger partial charge in [-0.2, -0.15) is 0 Å². The molecule has 0 atom stereocenters. The first-order valence-electron chi connectivity index (χ1n) is 8.35. The van der Waals surface area contributed by atoms with Gasteiger partial charge in [0, 0.05) is 5.25 Å². The first-order chi connectivity index (χ1) is 11.0. The average Bonchev–Trinajstić information content (AvgIpc) is 2.54. The SMILES string of the molecule is CC1(C)C(=O)Nc2ccccc2N1C(=O)CSC1CCCCC1. The Balaban J connectivity index is 1.78. The number of fused-ring (bicyclic) bond motifs is 1. The van der Waals surface area contributed by atoms with Crippen LogP contribution in [0.1, 0.15) is 46.0 Å². The van der Waals surface area contributed by atoms with Gasteiger partial charge in [-0.1, -0.05) is 31.4 Å². The van der Waals surface area contributed by atoms with Crippen LogP contribution in [0.3, 0.4) is 0 Å². The molecule has 0 bridgehead atoms. The van der Waals surface area contributed by atoms with Crippen LogP contribution >= 0.6 is 11.8 Å². The molecule has 0 aromatic heterocycles. The van der Waals surface area contributed by atoms with E-state index in [1.54, 1.807) is 30.5 Å². The third kappa shape index (κ3) is 3.25. The Morgan fingerprint density at radius 2 is 1.96 bits per heavy atom. The van der Waals surface area contributed by atoms with Gasteiger partial charge < -0.3 is 5.32 Å². The summed E-state index contributed by atoms with van der Waals surface area (Å²) < 4.78 is 0. The van der Waals surface area contributed by atoms with Crippen molar-refractivity contribution in [2.24, 2.45) is 0 Å². The number of carbonyl (C=O) groups excluding carboxylic acids is 2. The highest BCUT2D eigenvalue weighted by Crippen LogP contribution is 2.37. The number of benzene rings is 1. The number of nitrogens with zero attached hydrogens (tertiary/aromatic N) is 1. The summed E-state index contributed by atoms with van der Waals surface area (Å²) in [6.45, 7) is 3.61. The minimum atomic E-state index is -0.863. The van der Waals surface area contributed by atoms with Gasteiger partial charge in [0.15, 0.2) is 0 Å². The van der Waals surface area contributed by atoms with Crippen LogP contribution in [0.4, 0.5) is 11.4 Å². The van der Waals surface area contributed by atoms with Gasteiger partial charge in [-0.3, -0.25) is 14.5 Å². The van der Waals surface area contributed by atoms with E-state index in [0.717, 1.165) is 5.69 Å². The number of hydrogen-bond donors (Lipinski definition) is 1. The Labute approximate surface area is 142 Å². The number of amides is 2. The predicted molar refractivity (Wildman–Crippen MR) is 96.0 cm³/mol. The van der Waals surface area contributed by atoms with Gasteiger partial charge in [0.1, 0.15) is 5.54 Å². The fraction of sp³-hybridized carbons (Fsp3) is 0.556. The Morgan fingerprint density at radius 3 is 2.70 bits per heavy atom. The maximum Gasteiger partial charge on any atom is 0.250 e. The van der Waals surface area contributed by atoms with Gasteiger partial charge in [-0.05, 0) is 38.8 Å². The molecule has 0 unspecified atom stereocenters. The molecule has 1 heterocycles. The van der Waals surface area contributed by atoms with E-state index in [9.17, 15) is 9.59 Å². The lowest BCUT2D eigenvalue weighted by Gasteiger charge is -2.42. The quantitative estimate of drug-likeness (QED) is 0.915. The number of para-hydroxylation sites is 2. The minimum absolute atomic E-state index is 0.0212. The largest absolute Gasteiger partial charge is 0.322 e. The molecule has 0 radical (unpaired) electrons. The predicted octanol–water partition coefficient (Wildman–Crippen LogP) is 3.82. The number of thioether (sulfide) groups is 1. The monoisotopic (exact) mass is 332 g/mol. The van der Waals surface area contributed by atoms with Crippen LogP contribution in [0.25, 0.3) is 0 Å². The van der Waals surface area contributed by atoms with E-state index in [0.29, 0.717) is 16.7 Å². The summed E-state index contributed by atoms with van der Waals surface area (Å²) >= 11 is 1.75. The van der Waals surface area contributed by atoms with Crippen molar-refractivity contribution >= 4 is 35.0 Å². The third-order valence-electron chi connectivity index (χ3n) is 4.75. The summed E-state index contributed by atoms with van der Waals surface area (Å²) in [7, 11) is 0. The number of hydrogen-bond acceptors (Lipinski definition) is 3. The van der Waals surface area contributed by atoms with Gasteiger partial charge in [-0.25, -0.2) is 0 Å². The highest BCUT2D eigenvalue weighted by molar-refractivity contribution is 8.00. The normalized spacial score (nSPS) is 20.8. The second-order valence-electron chi connectivity index (χ2n) is 6.83. The third-order valence-corrected chi connectivity index (χ3v) is 6.11. The van der Waals surface area contributed by atoms with Crippen molar-refractivity contribution in [1.29, 1.82) is 0 Å². The molecule has 4 nitrogen and oxygen atoms in total. The molecule has 1 aliphatic carbocycles. The molecule has 1 aromatic rings.